The van der Waals surface area contributed by atoms with Crippen molar-refractivity contribution < 1.29 is 4.79 Å². The molecule has 3 aromatic carbocycles. The molecule has 142 valence electrons. The number of anilines is 1. The highest BCUT2D eigenvalue weighted by atomic mass is 16.2. The number of hydrogen-bond donors (Lipinski definition) is 2. The third-order valence-corrected chi connectivity index (χ3v) is 5.33. The van der Waals surface area contributed by atoms with Crippen LogP contribution in [0.4, 0.5) is 10.6 Å². The zero-order valence-electron chi connectivity index (χ0n) is 16.0. The van der Waals surface area contributed by atoms with E-state index in [1.54, 1.807) is 6.33 Å². The highest BCUT2D eigenvalue weighted by Crippen LogP contribution is 2.43. The van der Waals surface area contributed by atoms with Crippen molar-refractivity contribution in [3.63, 3.8) is 0 Å². The third kappa shape index (κ3) is 2.97. The minimum absolute atomic E-state index is 0.184. The van der Waals surface area contributed by atoms with Crippen molar-refractivity contribution in [3.8, 4) is 22.4 Å². The average Bonchev–Trinajstić information content (AvgIpc) is 3.27. The highest BCUT2D eigenvalue weighted by molar-refractivity contribution is 5.94. The van der Waals surface area contributed by atoms with E-state index in [9.17, 15) is 4.79 Å². The Morgan fingerprint density at radius 1 is 0.862 bits per heavy atom. The van der Waals surface area contributed by atoms with Gasteiger partial charge in [0.1, 0.15) is 11.5 Å². The Hall–Kier alpha value is -3.86. The Morgan fingerprint density at radius 3 is 2.10 bits per heavy atom. The van der Waals surface area contributed by atoms with Gasteiger partial charge in [0.2, 0.25) is 0 Å². The van der Waals surface area contributed by atoms with Crippen molar-refractivity contribution in [1.82, 2.24) is 14.9 Å². The summed E-state index contributed by atoms with van der Waals surface area (Å²) in [4.78, 5) is 17.4. The van der Waals surface area contributed by atoms with Gasteiger partial charge in [-0.1, -0.05) is 78.9 Å². The van der Waals surface area contributed by atoms with Crippen molar-refractivity contribution in [2.45, 2.75) is 6.04 Å². The standard InChI is InChI=1S/C24H20N4O/c1-28-15-25-21(16-9-3-2-4-10-16)23(28)27-24(29)26-22-19-13-7-5-11-17(19)18-12-6-8-14-20(18)22/h2-15,22H,1H3,(H2,26,27,29). The first-order chi connectivity index (χ1) is 14.2. The van der Waals surface area contributed by atoms with Crippen LogP contribution in [-0.4, -0.2) is 15.6 Å². The van der Waals surface area contributed by atoms with E-state index in [2.05, 4.69) is 39.9 Å². The van der Waals surface area contributed by atoms with Crippen LogP contribution in [0, 0.1) is 0 Å². The number of nitrogens with one attached hydrogen (secondary N) is 2. The van der Waals surface area contributed by atoms with E-state index in [4.69, 9.17) is 0 Å². The summed E-state index contributed by atoms with van der Waals surface area (Å²) in [6.07, 6.45) is 1.71. The highest BCUT2D eigenvalue weighted by Gasteiger charge is 2.29. The zero-order valence-corrected chi connectivity index (χ0v) is 16.0. The number of aryl methyl sites for hydroxylation is 1. The van der Waals surface area contributed by atoms with Crippen molar-refractivity contribution in [2.24, 2.45) is 7.05 Å². The number of amides is 2. The molecule has 0 unspecified atom stereocenters. The number of hydrogen-bond acceptors (Lipinski definition) is 2. The normalized spacial score (nSPS) is 12.3. The molecular weight excluding hydrogens is 360 g/mol. The van der Waals surface area contributed by atoms with Gasteiger partial charge in [0.25, 0.3) is 0 Å². The van der Waals surface area contributed by atoms with E-state index in [1.165, 1.54) is 11.1 Å². The topological polar surface area (TPSA) is 59.0 Å². The summed E-state index contributed by atoms with van der Waals surface area (Å²) in [5.74, 6) is 0.660. The van der Waals surface area contributed by atoms with Gasteiger partial charge < -0.3 is 9.88 Å². The first-order valence-electron chi connectivity index (χ1n) is 9.55. The van der Waals surface area contributed by atoms with Crippen LogP contribution in [0.5, 0.6) is 0 Å². The second kappa shape index (κ2) is 6.95. The van der Waals surface area contributed by atoms with Crippen molar-refractivity contribution in [3.05, 3.63) is 96.3 Å². The van der Waals surface area contributed by atoms with Crippen LogP contribution in [0.25, 0.3) is 22.4 Å². The lowest BCUT2D eigenvalue weighted by atomic mass is 10.1. The van der Waals surface area contributed by atoms with Crippen molar-refractivity contribution >= 4 is 11.8 Å². The molecule has 0 atom stereocenters. The molecular formula is C24H20N4O. The molecule has 2 N–H and O–H groups in total. The number of imidazole rings is 1. The van der Waals surface area contributed by atoms with E-state index in [0.717, 1.165) is 22.4 Å². The summed E-state index contributed by atoms with van der Waals surface area (Å²) < 4.78 is 1.82. The lowest BCUT2D eigenvalue weighted by Crippen LogP contribution is -2.33. The van der Waals surface area contributed by atoms with Gasteiger partial charge in [-0.15, -0.1) is 0 Å². The van der Waals surface area contributed by atoms with Gasteiger partial charge in [-0.25, -0.2) is 9.78 Å². The van der Waals surface area contributed by atoms with E-state index in [-0.39, 0.29) is 12.1 Å². The molecule has 0 bridgehead atoms. The van der Waals surface area contributed by atoms with Gasteiger partial charge in [-0.05, 0) is 22.3 Å². The summed E-state index contributed by atoms with van der Waals surface area (Å²) in [6.45, 7) is 0. The second-order valence-electron chi connectivity index (χ2n) is 7.12. The van der Waals surface area contributed by atoms with Crippen molar-refractivity contribution in [2.75, 3.05) is 5.32 Å². The molecule has 2 amide bonds. The fourth-order valence-corrected chi connectivity index (χ4v) is 3.97. The quantitative estimate of drug-likeness (QED) is 0.527. The number of nitrogens with zero attached hydrogens (tertiary/aromatic N) is 2. The van der Waals surface area contributed by atoms with Crippen LogP contribution in [0.15, 0.2) is 85.2 Å². The Labute approximate surface area is 169 Å². The minimum atomic E-state index is -0.262. The van der Waals surface area contributed by atoms with Crippen LogP contribution in [0.2, 0.25) is 0 Å². The summed E-state index contributed by atoms with van der Waals surface area (Å²) in [5.41, 5.74) is 6.25. The van der Waals surface area contributed by atoms with E-state index < -0.39 is 0 Å². The third-order valence-electron chi connectivity index (χ3n) is 5.33. The number of carbonyl (C=O) groups excluding carboxylic acids is 1. The molecule has 0 fully saturated rings. The van der Waals surface area contributed by atoms with Gasteiger partial charge in [0.15, 0.2) is 0 Å². The molecule has 0 saturated carbocycles. The maximum Gasteiger partial charge on any atom is 0.321 e. The largest absolute Gasteiger partial charge is 0.327 e. The van der Waals surface area contributed by atoms with Gasteiger partial charge in [0, 0.05) is 12.6 Å². The summed E-state index contributed by atoms with van der Waals surface area (Å²) in [6, 6.07) is 25.8. The number of fused-ring (bicyclic) bond motifs is 3. The Balaban J connectivity index is 1.44. The maximum absolute atomic E-state index is 13.0. The molecule has 0 saturated heterocycles. The van der Waals surface area contributed by atoms with Crippen LogP contribution in [-0.2, 0) is 7.05 Å². The van der Waals surface area contributed by atoms with Gasteiger partial charge in [-0.2, -0.15) is 0 Å². The van der Waals surface area contributed by atoms with Gasteiger partial charge >= 0.3 is 6.03 Å². The van der Waals surface area contributed by atoms with Gasteiger partial charge in [0.05, 0.1) is 12.4 Å². The molecule has 1 aromatic heterocycles. The Morgan fingerprint density at radius 2 is 1.45 bits per heavy atom. The fourth-order valence-electron chi connectivity index (χ4n) is 3.97. The van der Waals surface area contributed by atoms with Crippen LogP contribution >= 0.6 is 0 Å². The molecule has 0 radical (unpaired) electrons. The number of aromatic nitrogens is 2. The molecule has 1 aliphatic rings. The fraction of sp³-hybridized carbons (Fsp3) is 0.0833. The first-order valence-corrected chi connectivity index (χ1v) is 9.55. The summed E-state index contributed by atoms with van der Waals surface area (Å²) in [5, 5.41) is 6.14. The second-order valence-corrected chi connectivity index (χ2v) is 7.12. The lowest BCUT2D eigenvalue weighted by Gasteiger charge is -2.17. The Kier molecular flexibility index (Phi) is 4.13. The molecule has 5 heteroatoms. The number of urea groups is 1. The number of benzene rings is 3. The predicted molar refractivity (Wildman–Crippen MR) is 115 cm³/mol. The molecule has 0 spiro atoms. The van der Waals surface area contributed by atoms with E-state index in [1.807, 2.05) is 66.2 Å². The lowest BCUT2D eigenvalue weighted by molar-refractivity contribution is 0.250. The predicted octanol–water partition coefficient (Wildman–Crippen LogP) is 4.98. The molecule has 5 nitrogen and oxygen atoms in total. The minimum Gasteiger partial charge on any atom is -0.327 e. The monoisotopic (exact) mass is 380 g/mol. The molecule has 29 heavy (non-hydrogen) atoms. The molecule has 1 heterocycles. The van der Waals surface area contributed by atoms with Crippen molar-refractivity contribution in [1.29, 1.82) is 0 Å². The van der Waals surface area contributed by atoms with Crippen LogP contribution < -0.4 is 10.6 Å². The Bertz CT molecular complexity index is 1150. The molecule has 1 aliphatic carbocycles. The molecule has 5 rings (SSSR count). The van der Waals surface area contributed by atoms with E-state index >= 15 is 0 Å². The molecule has 4 aromatic rings. The summed E-state index contributed by atoms with van der Waals surface area (Å²) >= 11 is 0. The maximum atomic E-state index is 13.0. The zero-order chi connectivity index (χ0) is 19.8. The number of rotatable bonds is 3. The first kappa shape index (κ1) is 17.3. The number of carbonyl (C=O) groups is 1. The van der Waals surface area contributed by atoms with E-state index in [0.29, 0.717) is 5.82 Å². The smallest absolute Gasteiger partial charge is 0.321 e. The molecule has 0 aliphatic heterocycles. The summed E-state index contributed by atoms with van der Waals surface area (Å²) in [7, 11) is 1.87. The van der Waals surface area contributed by atoms with Crippen LogP contribution in [0.3, 0.4) is 0 Å². The van der Waals surface area contributed by atoms with Crippen LogP contribution in [0.1, 0.15) is 17.2 Å². The SMILES string of the molecule is Cn1cnc(-c2ccccc2)c1NC(=O)NC1c2ccccc2-c2ccccc21. The van der Waals surface area contributed by atoms with Gasteiger partial charge in [-0.3, -0.25) is 5.32 Å². The average molecular weight is 380 g/mol.